The molecule has 132 valence electrons. The predicted octanol–water partition coefficient (Wildman–Crippen LogP) is 2.25. The summed E-state index contributed by atoms with van der Waals surface area (Å²) in [5.74, 6) is -0.445. The third-order valence-corrected chi connectivity index (χ3v) is 4.38. The molecule has 2 heterocycles. The normalized spacial score (nSPS) is 20.2. The molecule has 2 N–H and O–H groups in total. The van der Waals surface area contributed by atoms with Crippen molar-refractivity contribution in [2.24, 2.45) is 0 Å². The summed E-state index contributed by atoms with van der Waals surface area (Å²) in [6.07, 6.45) is 5.02. The average molecular weight is 343 g/mol. The molecule has 1 aromatic heterocycles. The first kappa shape index (κ1) is 17.2. The molecule has 7 heteroatoms. The van der Waals surface area contributed by atoms with Crippen molar-refractivity contribution in [1.29, 1.82) is 0 Å². The van der Waals surface area contributed by atoms with Crippen LogP contribution < -0.4 is 5.32 Å². The van der Waals surface area contributed by atoms with Crippen LogP contribution >= 0.6 is 0 Å². The van der Waals surface area contributed by atoms with Crippen molar-refractivity contribution < 1.29 is 19.4 Å². The van der Waals surface area contributed by atoms with Crippen LogP contribution in [0.2, 0.25) is 0 Å². The van der Waals surface area contributed by atoms with E-state index < -0.39 is 5.97 Å². The Kier molecular flexibility index (Phi) is 5.14. The number of carbonyl (C=O) groups is 2. The minimum absolute atomic E-state index is 0.153. The maximum atomic E-state index is 12.5. The molecule has 0 saturated carbocycles. The molecule has 2 atom stereocenters. The molecule has 1 aliphatic rings. The van der Waals surface area contributed by atoms with E-state index in [2.05, 4.69) is 10.3 Å². The Balaban J connectivity index is 1.75. The highest BCUT2D eigenvalue weighted by Gasteiger charge is 2.31. The Morgan fingerprint density at radius 2 is 2.04 bits per heavy atom. The Hall–Kier alpha value is -2.67. The largest absolute Gasteiger partial charge is 0.478 e. The second-order valence-corrected chi connectivity index (χ2v) is 5.97. The van der Waals surface area contributed by atoms with Gasteiger partial charge in [0.1, 0.15) is 11.9 Å². The molecule has 25 heavy (non-hydrogen) atoms. The fourth-order valence-corrected chi connectivity index (χ4v) is 3.04. The lowest BCUT2D eigenvalue weighted by Crippen LogP contribution is -2.43. The van der Waals surface area contributed by atoms with Crippen LogP contribution in [0.3, 0.4) is 0 Å². The lowest BCUT2D eigenvalue weighted by molar-refractivity contribution is -0.0163. The van der Waals surface area contributed by atoms with Crippen LogP contribution in [0.1, 0.15) is 52.4 Å². The second kappa shape index (κ2) is 7.48. The second-order valence-electron chi connectivity index (χ2n) is 5.97. The minimum Gasteiger partial charge on any atom is -0.478 e. The molecule has 1 saturated heterocycles. The molecule has 1 aliphatic heterocycles. The van der Waals surface area contributed by atoms with Gasteiger partial charge in [-0.1, -0.05) is 0 Å². The van der Waals surface area contributed by atoms with E-state index in [1.807, 2.05) is 17.7 Å². The van der Waals surface area contributed by atoms with Gasteiger partial charge in [0.15, 0.2) is 0 Å². The molecule has 0 bridgehead atoms. The number of nitrogens with one attached hydrogen (secondary N) is 1. The highest BCUT2D eigenvalue weighted by atomic mass is 16.5. The average Bonchev–Trinajstić information content (AvgIpc) is 3.10. The zero-order valence-electron chi connectivity index (χ0n) is 14.0. The first-order valence-electron chi connectivity index (χ1n) is 8.37. The number of nitrogens with zero attached hydrogens (tertiary/aromatic N) is 2. The van der Waals surface area contributed by atoms with Crippen LogP contribution in [-0.2, 0) is 11.3 Å². The molecule has 7 nitrogen and oxygen atoms in total. The monoisotopic (exact) mass is 343 g/mol. The molecule has 1 fully saturated rings. The van der Waals surface area contributed by atoms with E-state index in [4.69, 9.17) is 9.84 Å². The van der Waals surface area contributed by atoms with Crippen LogP contribution in [-0.4, -0.2) is 39.2 Å². The molecule has 1 aromatic carbocycles. The number of rotatable bonds is 5. The fourth-order valence-electron chi connectivity index (χ4n) is 3.04. The van der Waals surface area contributed by atoms with Gasteiger partial charge in [-0.25, -0.2) is 9.78 Å². The summed E-state index contributed by atoms with van der Waals surface area (Å²) in [6, 6.07) is 5.72. The number of amides is 1. The third-order valence-electron chi connectivity index (χ3n) is 4.38. The van der Waals surface area contributed by atoms with Crippen LogP contribution in [0, 0.1) is 0 Å². The molecule has 0 spiro atoms. The molecular formula is C18H21N3O4. The molecule has 0 aliphatic carbocycles. The third kappa shape index (κ3) is 3.71. The summed E-state index contributed by atoms with van der Waals surface area (Å²) in [5.41, 5.74) is 0.577. The first-order valence-corrected chi connectivity index (χ1v) is 8.37. The number of ether oxygens (including phenoxy) is 1. The summed E-state index contributed by atoms with van der Waals surface area (Å²) in [6.45, 7) is 3.46. The van der Waals surface area contributed by atoms with Gasteiger partial charge >= 0.3 is 5.97 Å². The van der Waals surface area contributed by atoms with Crippen LogP contribution in [0.25, 0.3) is 0 Å². The van der Waals surface area contributed by atoms with E-state index in [9.17, 15) is 9.59 Å². The lowest BCUT2D eigenvalue weighted by atomic mass is 10.0. The smallest absolute Gasteiger partial charge is 0.335 e. The maximum absolute atomic E-state index is 12.5. The Morgan fingerprint density at radius 1 is 1.32 bits per heavy atom. The molecular weight excluding hydrogens is 322 g/mol. The van der Waals surface area contributed by atoms with Crippen LogP contribution in [0.15, 0.2) is 36.7 Å². The number of carboxylic acid groups (broad SMARTS) is 1. The topological polar surface area (TPSA) is 93.5 Å². The van der Waals surface area contributed by atoms with E-state index in [0.29, 0.717) is 12.2 Å². The number of aromatic carboxylic acids is 1. The van der Waals surface area contributed by atoms with Gasteiger partial charge in [-0.05, 0) is 44.0 Å². The van der Waals surface area contributed by atoms with E-state index >= 15 is 0 Å². The van der Waals surface area contributed by atoms with Crippen molar-refractivity contribution in [3.05, 3.63) is 53.6 Å². The van der Waals surface area contributed by atoms with Crippen molar-refractivity contribution in [1.82, 2.24) is 14.9 Å². The van der Waals surface area contributed by atoms with Gasteiger partial charge in [-0.3, -0.25) is 4.79 Å². The number of aromatic nitrogens is 2. The van der Waals surface area contributed by atoms with Crippen molar-refractivity contribution in [3.63, 3.8) is 0 Å². The van der Waals surface area contributed by atoms with Gasteiger partial charge in [-0.2, -0.15) is 0 Å². The van der Waals surface area contributed by atoms with Gasteiger partial charge in [0.05, 0.1) is 11.6 Å². The minimum atomic E-state index is -1.01. The summed E-state index contributed by atoms with van der Waals surface area (Å²) >= 11 is 0. The molecule has 0 unspecified atom stereocenters. The highest BCUT2D eigenvalue weighted by molar-refractivity contribution is 5.96. The van der Waals surface area contributed by atoms with E-state index in [1.54, 1.807) is 6.20 Å². The molecule has 1 amide bonds. The number of hydrogen-bond acceptors (Lipinski definition) is 4. The quantitative estimate of drug-likeness (QED) is 0.868. The van der Waals surface area contributed by atoms with Gasteiger partial charge in [0.2, 0.25) is 0 Å². The Bertz CT molecular complexity index is 754. The summed E-state index contributed by atoms with van der Waals surface area (Å²) in [7, 11) is 0. The number of benzene rings is 1. The number of carbonyl (C=O) groups excluding carboxylic acids is 1. The fraction of sp³-hybridized carbons (Fsp3) is 0.389. The van der Waals surface area contributed by atoms with Crippen molar-refractivity contribution >= 4 is 11.9 Å². The SMILES string of the molecule is CCn1ccnc1[C@H]1OCCC[C@@H]1NC(=O)c1ccc(C(=O)O)cc1. The molecule has 3 rings (SSSR count). The zero-order chi connectivity index (χ0) is 17.8. The lowest BCUT2D eigenvalue weighted by Gasteiger charge is -2.32. The van der Waals surface area contributed by atoms with Crippen LogP contribution in [0.4, 0.5) is 0 Å². The predicted molar refractivity (Wildman–Crippen MR) is 90.5 cm³/mol. The van der Waals surface area contributed by atoms with Gasteiger partial charge in [-0.15, -0.1) is 0 Å². The first-order chi connectivity index (χ1) is 12.1. The van der Waals surface area contributed by atoms with Crippen molar-refractivity contribution in [2.75, 3.05) is 6.61 Å². The van der Waals surface area contributed by atoms with E-state index in [-0.39, 0.29) is 23.6 Å². The standard InChI is InChI=1S/C18H21N3O4/c1-2-21-10-9-19-16(21)15-14(4-3-11-25-15)20-17(22)12-5-7-13(8-6-12)18(23)24/h5-10,14-15H,2-4,11H2,1H3,(H,20,22)(H,23,24)/t14-,15-/m0/s1. The summed E-state index contributed by atoms with van der Waals surface area (Å²) in [5, 5.41) is 11.9. The zero-order valence-corrected chi connectivity index (χ0v) is 14.0. The highest BCUT2D eigenvalue weighted by Crippen LogP contribution is 2.27. The summed E-state index contributed by atoms with van der Waals surface area (Å²) in [4.78, 5) is 27.8. The molecule has 0 radical (unpaired) electrons. The molecule has 2 aromatic rings. The number of hydrogen-bond donors (Lipinski definition) is 2. The number of aryl methyl sites for hydroxylation is 1. The Labute approximate surface area is 145 Å². The van der Waals surface area contributed by atoms with E-state index in [1.165, 1.54) is 24.3 Å². The van der Waals surface area contributed by atoms with Gasteiger partial charge in [0, 0.05) is 31.1 Å². The van der Waals surface area contributed by atoms with E-state index in [0.717, 1.165) is 25.2 Å². The van der Waals surface area contributed by atoms with Gasteiger partial charge < -0.3 is 19.7 Å². The Morgan fingerprint density at radius 3 is 2.72 bits per heavy atom. The number of carboxylic acids is 1. The van der Waals surface area contributed by atoms with Crippen molar-refractivity contribution in [3.8, 4) is 0 Å². The van der Waals surface area contributed by atoms with Crippen molar-refractivity contribution in [2.45, 2.75) is 38.5 Å². The van der Waals surface area contributed by atoms with Crippen LogP contribution in [0.5, 0.6) is 0 Å². The summed E-state index contributed by atoms with van der Waals surface area (Å²) < 4.78 is 7.90. The van der Waals surface area contributed by atoms with Gasteiger partial charge in [0.25, 0.3) is 5.91 Å². The maximum Gasteiger partial charge on any atom is 0.335 e. The number of imidazole rings is 1.